The highest BCUT2D eigenvalue weighted by Gasteiger charge is 2.33. The van der Waals surface area contributed by atoms with Crippen molar-refractivity contribution >= 4 is 34.7 Å². The number of nitro benzene ring substituents is 1. The zero-order valence-electron chi connectivity index (χ0n) is 10.0. The Bertz CT molecular complexity index is 597. The lowest BCUT2D eigenvalue weighted by atomic mass is 10.2. The molecule has 0 spiro atoms. The summed E-state index contributed by atoms with van der Waals surface area (Å²) in [5.74, 6) is -0.357. The second-order valence-corrected chi connectivity index (χ2v) is 4.77. The molecule has 6 nitrogen and oxygen atoms in total. The van der Waals surface area contributed by atoms with Gasteiger partial charge in [0.15, 0.2) is 0 Å². The van der Waals surface area contributed by atoms with Gasteiger partial charge in [0.1, 0.15) is 0 Å². The van der Waals surface area contributed by atoms with Crippen LogP contribution in [0.25, 0.3) is 6.08 Å². The quantitative estimate of drug-likeness (QED) is 0.482. The maximum absolute atomic E-state index is 11.9. The summed E-state index contributed by atoms with van der Waals surface area (Å²) in [5, 5.41) is 10.3. The number of rotatable bonds is 3. The largest absolute Gasteiger partial charge is 0.293 e. The molecule has 1 aliphatic rings. The number of benzene rings is 1. The first kappa shape index (κ1) is 13.3. The minimum atomic E-state index is -0.505. The molecule has 0 saturated carbocycles. The third kappa shape index (κ3) is 2.65. The van der Waals surface area contributed by atoms with E-state index in [2.05, 4.69) is 0 Å². The highest BCUT2D eigenvalue weighted by Crippen LogP contribution is 2.32. The number of carbonyl (C=O) groups is 2. The van der Waals surface area contributed by atoms with E-state index in [4.69, 9.17) is 0 Å². The van der Waals surface area contributed by atoms with Crippen LogP contribution < -0.4 is 0 Å². The lowest BCUT2D eigenvalue weighted by Gasteiger charge is -2.06. The molecule has 0 bridgehead atoms. The van der Waals surface area contributed by atoms with Crippen molar-refractivity contribution in [3.05, 3.63) is 44.8 Å². The van der Waals surface area contributed by atoms with Crippen LogP contribution in [0.5, 0.6) is 0 Å². The summed E-state index contributed by atoms with van der Waals surface area (Å²) in [6.07, 6.45) is 1.49. The van der Waals surface area contributed by atoms with E-state index in [0.717, 1.165) is 16.7 Å². The van der Waals surface area contributed by atoms with Crippen LogP contribution in [0, 0.1) is 10.1 Å². The van der Waals surface area contributed by atoms with Crippen molar-refractivity contribution in [1.82, 2.24) is 4.90 Å². The Kier molecular flexibility index (Phi) is 3.66. The topological polar surface area (TPSA) is 80.5 Å². The Morgan fingerprint density at radius 1 is 1.42 bits per heavy atom. The van der Waals surface area contributed by atoms with Gasteiger partial charge in [-0.1, -0.05) is 12.1 Å². The van der Waals surface area contributed by atoms with Crippen LogP contribution in [0.15, 0.2) is 29.2 Å². The number of carbonyl (C=O) groups excluding carboxylic acids is 2. The summed E-state index contributed by atoms with van der Waals surface area (Å²) in [6, 6.07) is 5.91. The molecule has 2 rings (SSSR count). The van der Waals surface area contributed by atoms with Gasteiger partial charge in [-0.15, -0.1) is 0 Å². The molecule has 1 saturated heterocycles. The number of imide groups is 1. The summed E-state index contributed by atoms with van der Waals surface area (Å²) in [6.45, 7) is 2.03. The fourth-order valence-corrected chi connectivity index (χ4v) is 2.56. The first-order valence-electron chi connectivity index (χ1n) is 5.52. The highest BCUT2D eigenvalue weighted by molar-refractivity contribution is 8.18. The Balaban J connectivity index is 2.32. The van der Waals surface area contributed by atoms with Gasteiger partial charge in [-0.3, -0.25) is 24.6 Å². The molecule has 19 heavy (non-hydrogen) atoms. The van der Waals surface area contributed by atoms with Crippen molar-refractivity contribution < 1.29 is 14.5 Å². The van der Waals surface area contributed by atoms with Crippen LogP contribution in [0.3, 0.4) is 0 Å². The monoisotopic (exact) mass is 278 g/mol. The minimum Gasteiger partial charge on any atom is -0.269 e. The molecule has 2 amide bonds. The van der Waals surface area contributed by atoms with E-state index in [1.807, 2.05) is 0 Å². The number of thioether (sulfide) groups is 1. The van der Waals surface area contributed by atoms with E-state index < -0.39 is 4.92 Å². The van der Waals surface area contributed by atoms with Gasteiger partial charge in [0, 0.05) is 18.7 Å². The molecular weight excluding hydrogens is 268 g/mol. The molecule has 0 unspecified atom stereocenters. The number of nitro groups is 1. The number of amides is 2. The van der Waals surface area contributed by atoms with Gasteiger partial charge in [-0.2, -0.15) is 0 Å². The van der Waals surface area contributed by atoms with Crippen LogP contribution >= 0.6 is 11.8 Å². The van der Waals surface area contributed by atoms with Crippen molar-refractivity contribution in [2.75, 3.05) is 6.54 Å². The van der Waals surface area contributed by atoms with Gasteiger partial charge in [0.2, 0.25) is 0 Å². The first-order chi connectivity index (χ1) is 9.02. The molecule has 0 aliphatic carbocycles. The predicted octanol–water partition coefficient (Wildman–Crippen LogP) is 2.65. The fourth-order valence-electron chi connectivity index (χ4n) is 1.65. The number of hydrogen-bond acceptors (Lipinski definition) is 5. The van der Waals surface area contributed by atoms with Crippen LogP contribution in [0.1, 0.15) is 12.5 Å². The average molecular weight is 278 g/mol. The molecule has 0 aromatic heterocycles. The van der Waals surface area contributed by atoms with Crippen molar-refractivity contribution in [2.45, 2.75) is 6.92 Å². The van der Waals surface area contributed by atoms with Crippen molar-refractivity contribution in [3.63, 3.8) is 0 Å². The van der Waals surface area contributed by atoms with E-state index in [1.54, 1.807) is 13.0 Å². The minimum absolute atomic E-state index is 0.0523. The van der Waals surface area contributed by atoms with Crippen molar-refractivity contribution in [2.24, 2.45) is 0 Å². The lowest BCUT2D eigenvalue weighted by Crippen LogP contribution is -2.27. The second kappa shape index (κ2) is 5.23. The van der Waals surface area contributed by atoms with Gasteiger partial charge in [-0.05, 0) is 30.3 Å². The molecule has 0 atom stereocenters. The normalized spacial score (nSPS) is 17.3. The summed E-state index contributed by atoms with van der Waals surface area (Å²) < 4.78 is 0. The van der Waals surface area contributed by atoms with Gasteiger partial charge in [-0.25, -0.2) is 0 Å². The van der Waals surface area contributed by atoms with Crippen molar-refractivity contribution in [3.8, 4) is 0 Å². The zero-order valence-corrected chi connectivity index (χ0v) is 10.8. The number of nitrogens with zero attached hydrogens (tertiary/aromatic N) is 2. The molecule has 0 N–H and O–H groups in total. The van der Waals surface area contributed by atoms with E-state index in [0.29, 0.717) is 12.1 Å². The maximum atomic E-state index is 11.9. The number of likely N-dealkylation sites (N-methyl/N-ethyl adjacent to an activating group) is 1. The molecule has 0 radical (unpaired) electrons. The third-order valence-corrected chi connectivity index (χ3v) is 3.48. The molecule has 1 heterocycles. The van der Waals surface area contributed by atoms with Crippen LogP contribution in [-0.2, 0) is 4.79 Å². The molecule has 1 aromatic carbocycles. The highest BCUT2D eigenvalue weighted by atomic mass is 32.2. The van der Waals surface area contributed by atoms with E-state index in [-0.39, 0.29) is 21.7 Å². The van der Waals surface area contributed by atoms with E-state index in [1.165, 1.54) is 24.3 Å². The van der Waals surface area contributed by atoms with Crippen molar-refractivity contribution in [1.29, 1.82) is 0 Å². The smallest absolute Gasteiger partial charge is 0.269 e. The van der Waals surface area contributed by atoms with Crippen LogP contribution in [0.2, 0.25) is 0 Å². The number of hydrogen-bond donors (Lipinski definition) is 0. The van der Waals surface area contributed by atoms with Gasteiger partial charge >= 0.3 is 0 Å². The summed E-state index contributed by atoms with van der Waals surface area (Å²) in [7, 11) is 0. The standard InChI is InChI=1S/C12H10N2O4S/c1-2-13-11(15)10(19-12(13)16)7-8-4-3-5-9(6-8)14(17)18/h3-7H,2H2,1H3/b10-7-. The summed E-state index contributed by atoms with van der Waals surface area (Å²) >= 11 is 0.844. The molecule has 1 fully saturated rings. The van der Waals surface area contributed by atoms with E-state index in [9.17, 15) is 19.7 Å². The van der Waals surface area contributed by atoms with Crippen LogP contribution in [0.4, 0.5) is 10.5 Å². The zero-order chi connectivity index (χ0) is 14.0. The summed E-state index contributed by atoms with van der Waals surface area (Å²) in [5.41, 5.74) is 0.472. The maximum Gasteiger partial charge on any atom is 0.293 e. The van der Waals surface area contributed by atoms with E-state index >= 15 is 0 Å². The second-order valence-electron chi connectivity index (χ2n) is 3.78. The Morgan fingerprint density at radius 3 is 2.74 bits per heavy atom. The molecule has 1 aliphatic heterocycles. The first-order valence-corrected chi connectivity index (χ1v) is 6.34. The molecule has 1 aromatic rings. The molecular formula is C12H10N2O4S. The van der Waals surface area contributed by atoms with Gasteiger partial charge in [0.25, 0.3) is 16.8 Å². The lowest BCUT2D eigenvalue weighted by molar-refractivity contribution is -0.384. The Labute approximate surface area is 113 Å². The molecule has 7 heteroatoms. The SMILES string of the molecule is CCN1C(=O)S/C(=C\c2cccc([N+](=O)[O-])c2)C1=O. The Morgan fingerprint density at radius 2 is 2.16 bits per heavy atom. The number of non-ortho nitro benzene ring substituents is 1. The third-order valence-electron chi connectivity index (χ3n) is 2.57. The predicted molar refractivity (Wildman–Crippen MR) is 71.4 cm³/mol. The average Bonchev–Trinajstić information content (AvgIpc) is 2.64. The fraction of sp³-hybridized carbons (Fsp3) is 0.167. The molecule has 98 valence electrons. The Hall–Kier alpha value is -2.15. The van der Waals surface area contributed by atoms with Crippen LogP contribution in [-0.4, -0.2) is 27.5 Å². The van der Waals surface area contributed by atoms with Gasteiger partial charge < -0.3 is 0 Å². The summed E-state index contributed by atoms with van der Waals surface area (Å²) in [4.78, 5) is 34.9. The van der Waals surface area contributed by atoms with Gasteiger partial charge in [0.05, 0.1) is 9.83 Å².